The molecule has 0 spiro atoms. The molecule has 5 nitrogen and oxygen atoms in total. The van der Waals surface area contributed by atoms with Crippen molar-refractivity contribution in [1.29, 1.82) is 0 Å². The molecule has 0 aromatic rings. The highest BCUT2D eigenvalue weighted by Crippen LogP contribution is 1.70. The lowest BCUT2D eigenvalue weighted by Crippen LogP contribution is -2.40. The molecule has 0 aromatic heterocycles. The van der Waals surface area contributed by atoms with Gasteiger partial charge >= 0.3 is 0 Å². The highest BCUT2D eigenvalue weighted by molar-refractivity contribution is 5.85. The predicted molar refractivity (Wildman–Crippen MR) is 54.9 cm³/mol. The molecule has 14 heavy (non-hydrogen) atoms. The van der Waals surface area contributed by atoms with Gasteiger partial charge in [-0.15, -0.1) is 0 Å². The van der Waals surface area contributed by atoms with E-state index in [1.54, 1.807) is 0 Å². The maximum atomic E-state index is 11.1. The van der Waals surface area contributed by atoms with E-state index in [1.165, 1.54) is 0 Å². The number of amides is 2. The first-order valence-electron chi connectivity index (χ1n) is 4.94. The topological polar surface area (TPSA) is 70.2 Å². The first-order valence-corrected chi connectivity index (χ1v) is 4.94. The number of rotatable bonds is 7. The van der Waals surface area contributed by atoms with Crippen LogP contribution in [0.25, 0.3) is 0 Å². The van der Waals surface area contributed by atoms with E-state index in [0.29, 0.717) is 6.54 Å². The number of likely N-dealkylation sites (N-methyl/N-ethyl adjacent to an activating group) is 1. The molecule has 2 amide bonds. The van der Waals surface area contributed by atoms with Gasteiger partial charge in [0.05, 0.1) is 13.1 Å². The SMILES string of the molecule is CCCNCC(=O)NCC(=O)NCC. The lowest BCUT2D eigenvalue weighted by molar-refractivity contribution is -0.125. The third kappa shape index (κ3) is 7.54. The molecule has 0 heterocycles. The van der Waals surface area contributed by atoms with Crippen molar-refractivity contribution in [2.75, 3.05) is 26.2 Å². The lowest BCUT2D eigenvalue weighted by atomic mass is 10.4. The largest absolute Gasteiger partial charge is 0.355 e. The van der Waals surface area contributed by atoms with Gasteiger partial charge in [0.2, 0.25) is 11.8 Å². The van der Waals surface area contributed by atoms with Crippen molar-refractivity contribution in [3.8, 4) is 0 Å². The van der Waals surface area contributed by atoms with Crippen LogP contribution in [0.1, 0.15) is 20.3 Å². The van der Waals surface area contributed by atoms with Gasteiger partial charge in [0.1, 0.15) is 0 Å². The molecule has 5 heteroatoms. The van der Waals surface area contributed by atoms with Crippen LogP contribution in [-0.4, -0.2) is 38.0 Å². The summed E-state index contributed by atoms with van der Waals surface area (Å²) in [6.45, 7) is 5.59. The molecule has 0 atom stereocenters. The van der Waals surface area contributed by atoms with E-state index >= 15 is 0 Å². The quantitative estimate of drug-likeness (QED) is 0.474. The van der Waals surface area contributed by atoms with E-state index in [0.717, 1.165) is 13.0 Å². The Labute approximate surface area is 84.6 Å². The molecule has 0 aliphatic carbocycles. The molecule has 0 unspecified atom stereocenters. The third-order valence-corrected chi connectivity index (χ3v) is 1.53. The number of nitrogens with one attached hydrogen (secondary N) is 3. The zero-order valence-corrected chi connectivity index (χ0v) is 8.85. The van der Waals surface area contributed by atoms with Gasteiger partial charge in [-0.1, -0.05) is 6.92 Å². The molecular weight excluding hydrogens is 182 g/mol. The molecule has 0 saturated heterocycles. The van der Waals surface area contributed by atoms with Crippen LogP contribution in [0.2, 0.25) is 0 Å². The van der Waals surface area contributed by atoms with E-state index in [4.69, 9.17) is 0 Å². The Balaban J connectivity index is 3.39. The molecular formula is C9H19N3O2. The van der Waals surface area contributed by atoms with E-state index < -0.39 is 0 Å². The highest BCUT2D eigenvalue weighted by Gasteiger charge is 2.02. The van der Waals surface area contributed by atoms with Gasteiger partial charge in [0.25, 0.3) is 0 Å². The first-order chi connectivity index (χ1) is 6.70. The van der Waals surface area contributed by atoms with Gasteiger partial charge < -0.3 is 16.0 Å². The molecule has 0 rings (SSSR count). The second kappa shape index (κ2) is 8.50. The normalized spacial score (nSPS) is 9.57. The second-order valence-corrected chi connectivity index (χ2v) is 2.91. The number of hydrogen-bond acceptors (Lipinski definition) is 3. The molecule has 0 bridgehead atoms. The summed E-state index contributed by atoms with van der Waals surface area (Å²) in [5.74, 6) is -0.305. The maximum Gasteiger partial charge on any atom is 0.239 e. The standard InChI is InChI=1S/C9H19N3O2/c1-3-5-10-6-8(13)12-7-9(14)11-4-2/h10H,3-7H2,1-2H3,(H,11,14)(H,12,13). The Morgan fingerprint density at radius 3 is 2.21 bits per heavy atom. The average molecular weight is 201 g/mol. The molecule has 0 fully saturated rings. The average Bonchev–Trinajstić information content (AvgIpc) is 2.16. The van der Waals surface area contributed by atoms with Crippen molar-refractivity contribution in [2.45, 2.75) is 20.3 Å². The van der Waals surface area contributed by atoms with Crippen LogP contribution < -0.4 is 16.0 Å². The summed E-state index contributed by atoms with van der Waals surface area (Å²) in [4.78, 5) is 22.0. The number of carbonyl (C=O) groups excluding carboxylic acids is 2. The number of hydrogen-bond donors (Lipinski definition) is 3. The van der Waals surface area contributed by atoms with Crippen LogP contribution in [0, 0.1) is 0 Å². The molecule has 0 saturated carbocycles. The van der Waals surface area contributed by atoms with Crippen molar-refractivity contribution in [3.63, 3.8) is 0 Å². The fourth-order valence-electron chi connectivity index (χ4n) is 0.880. The zero-order valence-electron chi connectivity index (χ0n) is 8.85. The molecule has 0 radical (unpaired) electrons. The van der Waals surface area contributed by atoms with E-state index in [9.17, 15) is 9.59 Å². The van der Waals surface area contributed by atoms with Crippen LogP contribution in [0.4, 0.5) is 0 Å². The summed E-state index contributed by atoms with van der Waals surface area (Å²) >= 11 is 0. The minimum absolute atomic E-state index is 0.0560. The Bertz CT molecular complexity index is 183. The van der Waals surface area contributed by atoms with Crippen LogP contribution in [0.5, 0.6) is 0 Å². The van der Waals surface area contributed by atoms with Crippen molar-refractivity contribution >= 4 is 11.8 Å². The summed E-state index contributed by atoms with van der Waals surface area (Å²) in [5, 5.41) is 8.05. The van der Waals surface area contributed by atoms with Gasteiger partial charge in [0, 0.05) is 6.54 Å². The van der Waals surface area contributed by atoms with E-state index in [-0.39, 0.29) is 24.9 Å². The minimum atomic E-state index is -0.156. The summed E-state index contributed by atoms with van der Waals surface area (Å²) < 4.78 is 0. The molecule has 82 valence electrons. The zero-order chi connectivity index (χ0) is 10.8. The van der Waals surface area contributed by atoms with Gasteiger partial charge in [-0.3, -0.25) is 9.59 Å². The Morgan fingerprint density at radius 1 is 1.00 bits per heavy atom. The van der Waals surface area contributed by atoms with Gasteiger partial charge in [-0.05, 0) is 19.9 Å². The second-order valence-electron chi connectivity index (χ2n) is 2.91. The fourth-order valence-corrected chi connectivity index (χ4v) is 0.880. The maximum absolute atomic E-state index is 11.1. The fraction of sp³-hybridized carbons (Fsp3) is 0.778. The Hall–Kier alpha value is -1.10. The van der Waals surface area contributed by atoms with E-state index in [2.05, 4.69) is 16.0 Å². The first kappa shape index (κ1) is 12.9. The van der Waals surface area contributed by atoms with E-state index in [1.807, 2.05) is 13.8 Å². The molecule has 0 aliphatic heterocycles. The van der Waals surface area contributed by atoms with Crippen LogP contribution in [-0.2, 0) is 9.59 Å². The van der Waals surface area contributed by atoms with Gasteiger partial charge in [-0.25, -0.2) is 0 Å². The highest BCUT2D eigenvalue weighted by atomic mass is 16.2. The molecule has 3 N–H and O–H groups in total. The summed E-state index contributed by atoms with van der Waals surface area (Å²) in [6, 6.07) is 0. The summed E-state index contributed by atoms with van der Waals surface area (Å²) in [6.07, 6.45) is 0.990. The summed E-state index contributed by atoms with van der Waals surface area (Å²) in [5.41, 5.74) is 0. The number of carbonyl (C=O) groups is 2. The molecule has 0 aliphatic rings. The predicted octanol–water partition coefficient (Wildman–Crippen LogP) is -0.762. The third-order valence-electron chi connectivity index (χ3n) is 1.53. The minimum Gasteiger partial charge on any atom is -0.355 e. The monoisotopic (exact) mass is 201 g/mol. The van der Waals surface area contributed by atoms with Gasteiger partial charge in [0.15, 0.2) is 0 Å². The Kier molecular flexibility index (Phi) is 7.83. The summed E-state index contributed by atoms with van der Waals surface area (Å²) in [7, 11) is 0. The Morgan fingerprint density at radius 2 is 1.64 bits per heavy atom. The van der Waals surface area contributed by atoms with Crippen LogP contribution in [0.3, 0.4) is 0 Å². The van der Waals surface area contributed by atoms with Crippen molar-refractivity contribution in [1.82, 2.24) is 16.0 Å². The molecule has 0 aromatic carbocycles. The van der Waals surface area contributed by atoms with Crippen LogP contribution in [0.15, 0.2) is 0 Å². The lowest BCUT2D eigenvalue weighted by Gasteiger charge is -2.05. The smallest absolute Gasteiger partial charge is 0.239 e. The van der Waals surface area contributed by atoms with Gasteiger partial charge in [-0.2, -0.15) is 0 Å². The van der Waals surface area contributed by atoms with Crippen molar-refractivity contribution < 1.29 is 9.59 Å². The van der Waals surface area contributed by atoms with Crippen molar-refractivity contribution in [2.24, 2.45) is 0 Å². The van der Waals surface area contributed by atoms with Crippen LogP contribution >= 0.6 is 0 Å². The van der Waals surface area contributed by atoms with Crippen molar-refractivity contribution in [3.05, 3.63) is 0 Å².